The van der Waals surface area contributed by atoms with Crippen LogP contribution in [-0.2, 0) is 6.42 Å². The first kappa shape index (κ1) is 7.46. The summed E-state index contributed by atoms with van der Waals surface area (Å²) in [7, 11) is 6.21. The first-order valence-electron chi connectivity index (χ1n) is 3.57. The van der Waals surface area contributed by atoms with E-state index in [0.29, 0.717) is 0 Å². The summed E-state index contributed by atoms with van der Waals surface area (Å²) in [6.45, 7) is 0. The van der Waals surface area contributed by atoms with Crippen molar-refractivity contribution in [2.45, 2.75) is 6.42 Å². The van der Waals surface area contributed by atoms with E-state index in [1.54, 1.807) is 0 Å². The topological polar surface area (TPSA) is 0 Å². The van der Waals surface area contributed by atoms with Crippen molar-refractivity contribution in [1.29, 1.82) is 0 Å². The fraction of sp³-hybridized carbons (Fsp3) is 0.111. The molecule has 0 amide bonds. The third-order valence-corrected chi connectivity index (χ3v) is 6.20. The van der Waals surface area contributed by atoms with E-state index in [9.17, 15) is 0 Å². The van der Waals surface area contributed by atoms with Crippen molar-refractivity contribution in [3.05, 3.63) is 40.8 Å². The van der Waals surface area contributed by atoms with Crippen LogP contribution in [0.2, 0.25) is 0 Å². The van der Waals surface area contributed by atoms with Crippen molar-refractivity contribution in [3.8, 4) is 0 Å². The van der Waals surface area contributed by atoms with E-state index in [2.05, 4.69) is 35.2 Å². The van der Waals surface area contributed by atoms with Crippen LogP contribution in [0, 0.1) is 0 Å². The number of halogens is 1. The van der Waals surface area contributed by atoms with Crippen LogP contribution in [0.25, 0.3) is 0 Å². The van der Waals surface area contributed by atoms with E-state index in [-0.39, 0.29) is 0 Å². The Kier molecular flexibility index (Phi) is 2.06. The minimum atomic E-state index is -1.26. The molecule has 2 rings (SSSR count). The molecule has 0 N–H and O–H groups in total. The van der Waals surface area contributed by atoms with Gasteiger partial charge in [-0.3, -0.25) is 0 Å². The summed E-state index contributed by atoms with van der Waals surface area (Å²) >= 11 is -1.26. The maximum atomic E-state index is 6.21. The Morgan fingerprint density at radius 1 is 1.27 bits per heavy atom. The van der Waals surface area contributed by atoms with E-state index in [1.165, 1.54) is 9.91 Å². The number of hydrogen-bond acceptors (Lipinski definition) is 0. The van der Waals surface area contributed by atoms with Crippen molar-refractivity contribution >= 4 is 28.0 Å². The molecule has 0 aliphatic carbocycles. The second-order valence-electron chi connectivity index (χ2n) is 2.53. The number of fused-ring (bicyclic) bond motifs is 1. The number of rotatable bonds is 0. The van der Waals surface area contributed by atoms with Crippen LogP contribution in [0.1, 0.15) is 5.56 Å². The van der Waals surface area contributed by atoms with Crippen LogP contribution in [0.3, 0.4) is 0 Å². The standard InChI is InChI=1S/C9H8AsCl/c11-10-7-3-5-8-4-1-2-6-9(8)10/h1-4,6-7H,5H2. The van der Waals surface area contributed by atoms with Crippen LogP contribution < -0.4 is 4.35 Å². The van der Waals surface area contributed by atoms with Crippen LogP contribution in [-0.4, -0.2) is 13.7 Å². The zero-order valence-corrected chi connectivity index (χ0v) is 8.63. The van der Waals surface area contributed by atoms with E-state index in [0.717, 1.165) is 6.42 Å². The predicted molar refractivity (Wildman–Crippen MR) is 50.5 cm³/mol. The van der Waals surface area contributed by atoms with E-state index < -0.39 is 13.7 Å². The monoisotopic (exact) mass is 226 g/mol. The molecule has 0 radical (unpaired) electrons. The molecule has 11 heavy (non-hydrogen) atoms. The number of benzene rings is 1. The number of allylic oxidation sites excluding steroid dienone is 1. The summed E-state index contributed by atoms with van der Waals surface area (Å²) in [5, 5.41) is 0. The van der Waals surface area contributed by atoms with Gasteiger partial charge in [0.25, 0.3) is 0 Å². The molecule has 0 saturated heterocycles. The molecule has 0 saturated carbocycles. The molecule has 1 atom stereocenters. The Morgan fingerprint density at radius 2 is 2.09 bits per heavy atom. The first-order valence-corrected chi connectivity index (χ1v) is 8.06. The Bertz CT molecular complexity index is 293. The quantitative estimate of drug-likeness (QED) is 0.592. The van der Waals surface area contributed by atoms with Gasteiger partial charge in [0.05, 0.1) is 0 Å². The molecule has 0 bridgehead atoms. The fourth-order valence-electron chi connectivity index (χ4n) is 1.24. The Labute approximate surface area is 75.3 Å². The van der Waals surface area contributed by atoms with Gasteiger partial charge in [-0.1, -0.05) is 0 Å². The molecule has 0 aromatic heterocycles. The minimum absolute atomic E-state index is 1.06. The van der Waals surface area contributed by atoms with Gasteiger partial charge in [-0.2, -0.15) is 0 Å². The molecular formula is C9H8AsCl. The number of hydrogen-bond donors (Lipinski definition) is 0. The molecule has 1 heterocycles. The van der Waals surface area contributed by atoms with E-state index in [1.807, 2.05) is 0 Å². The second-order valence-corrected chi connectivity index (χ2v) is 7.36. The molecule has 1 aliphatic rings. The Balaban J connectivity index is 2.50. The molecule has 56 valence electrons. The SMILES string of the molecule is Cl[As]1C=CCc2ccccc21. The third kappa shape index (κ3) is 1.38. The van der Waals surface area contributed by atoms with Crippen LogP contribution in [0.5, 0.6) is 0 Å². The van der Waals surface area contributed by atoms with Gasteiger partial charge < -0.3 is 0 Å². The van der Waals surface area contributed by atoms with Crippen molar-refractivity contribution in [2.75, 3.05) is 0 Å². The second kappa shape index (κ2) is 3.05. The molecule has 0 spiro atoms. The molecule has 0 fully saturated rings. The summed E-state index contributed by atoms with van der Waals surface area (Å²) in [6, 6.07) is 8.48. The van der Waals surface area contributed by atoms with Crippen LogP contribution in [0.4, 0.5) is 0 Å². The Hall–Kier alpha value is -0.192. The fourth-order valence-corrected chi connectivity index (χ4v) is 4.86. The predicted octanol–water partition coefficient (Wildman–Crippen LogP) is 1.78. The zero-order valence-electron chi connectivity index (χ0n) is 6.00. The van der Waals surface area contributed by atoms with Gasteiger partial charge in [0.2, 0.25) is 0 Å². The maximum absolute atomic E-state index is 6.21. The van der Waals surface area contributed by atoms with Crippen LogP contribution >= 0.6 is 9.95 Å². The summed E-state index contributed by atoms with van der Waals surface area (Å²) in [5.74, 6) is 0. The van der Waals surface area contributed by atoms with Crippen molar-refractivity contribution in [2.24, 2.45) is 0 Å². The average molecular weight is 227 g/mol. The third-order valence-electron chi connectivity index (χ3n) is 1.80. The molecule has 0 nitrogen and oxygen atoms in total. The summed E-state index contributed by atoms with van der Waals surface area (Å²) in [5.41, 5.74) is 1.42. The van der Waals surface area contributed by atoms with E-state index >= 15 is 0 Å². The van der Waals surface area contributed by atoms with Gasteiger partial charge >= 0.3 is 75.2 Å². The summed E-state index contributed by atoms with van der Waals surface area (Å²) in [6.07, 6.45) is 3.25. The average Bonchev–Trinajstić information content (AvgIpc) is 2.06. The van der Waals surface area contributed by atoms with Gasteiger partial charge in [0.15, 0.2) is 0 Å². The molecular weight excluding hydrogens is 218 g/mol. The first-order chi connectivity index (χ1) is 5.38. The van der Waals surface area contributed by atoms with Crippen molar-refractivity contribution in [1.82, 2.24) is 0 Å². The molecule has 1 unspecified atom stereocenters. The van der Waals surface area contributed by atoms with E-state index in [4.69, 9.17) is 9.95 Å². The van der Waals surface area contributed by atoms with Crippen molar-refractivity contribution < 1.29 is 0 Å². The van der Waals surface area contributed by atoms with Gasteiger partial charge in [0.1, 0.15) is 0 Å². The van der Waals surface area contributed by atoms with Gasteiger partial charge in [-0.15, -0.1) is 0 Å². The molecule has 1 aromatic carbocycles. The molecule has 2 heteroatoms. The van der Waals surface area contributed by atoms with Gasteiger partial charge in [-0.25, -0.2) is 0 Å². The molecule has 1 aromatic rings. The Morgan fingerprint density at radius 3 is 2.91 bits per heavy atom. The summed E-state index contributed by atoms with van der Waals surface area (Å²) in [4.78, 5) is 2.19. The van der Waals surface area contributed by atoms with Crippen molar-refractivity contribution in [3.63, 3.8) is 0 Å². The summed E-state index contributed by atoms with van der Waals surface area (Å²) < 4.78 is 1.41. The van der Waals surface area contributed by atoms with Gasteiger partial charge in [-0.05, 0) is 0 Å². The van der Waals surface area contributed by atoms with Crippen LogP contribution in [0.15, 0.2) is 35.2 Å². The zero-order chi connectivity index (χ0) is 7.68. The molecule has 1 aliphatic heterocycles. The normalized spacial score (nSPS) is 21.4. The van der Waals surface area contributed by atoms with Gasteiger partial charge in [0, 0.05) is 0 Å².